The third kappa shape index (κ3) is 10.1. The molecule has 1 saturated carbocycles. The SMILES string of the molecule is O=C(C[C@@H]1OC[C@H]2CN(C3CCCC3)CC[C@H]21)Nc1cccnc1.O=C(O)C(F)(F)F.O=C(O)C(F)(F)F. The highest BCUT2D eigenvalue weighted by Gasteiger charge is 2.43. The quantitative estimate of drug-likeness (QED) is 0.475. The molecule has 2 saturated heterocycles. The maximum atomic E-state index is 12.3. The smallest absolute Gasteiger partial charge is 0.475 e. The number of alkyl halides is 6. The molecule has 3 heterocycles. The van der Waals surface area contributed by atoms with Gasteiger partial charge in [0.05, 0.1) is 31.0 Å². The van der Waals surface area contributed by atoms with E-state index in [-0.39, 0.29) is 12.0 Å². The van der Waals surface area contributed by atoms with Crippen molar-refractivity contribution in [2.75, 3.05) is 25.0 Å². The molecule has 0 radical (unpaired) electrons. The number of aromatic nitrogens is 1. The van der Waals surface area contributed by atoms with E-state index in [4.69, 9.17) is 24.5 Å². The number of carbonyl (C=O) groups excluding carboxylic acids is 1. The van der Waals surface area contributed by atoms with E-state index in [2.05, 4.69) is 15.2 Å². The number of rotatable bonds is 4. The standard InChI is InChI=1S/C19H27N3O2.2C2HF3O2/c23-19(21-15-4-3-8-20-11-15)10-18-17-7-9-22(12-14(17)13-24-18)16-5-1-2-6-16;2*3-2(4,5)1(6)7/h3-4,8,11,14,16-18H,1-2,5-7,9-10,12-13H2,(H,21,23);2*(H,6,7)/t14-,17-,18+;;/m1../s1. The van der Waals surface area contributed by atoms with Crippen LogP contribution in [-0.4, -0.2) is 82.1 Å². The molecular formula is C23H29F6N3O6. The normalized spacial score (nSPS) is 23.8. The van der Waals surface area contributed by atoms with E-state index in [1.165, 1.54) is 38.6 Å². The number of hydrogen-bond donors (Lipinski definition) is 3. The first-order valence-corrected chi connectivity index (χ1v) is 11.8. The first-order valence-electron chi connectivity index (χ1n) is 11.8. The molecule has 214 valence electrons. The number of anilines is 1. The molecule has 15 heteroatoms. The molecule has 1 aromatic heterocycles. The van der Waals surface area contributed by atoms with Crippen LogP contribution in [0.3, 0.4) is 0 Å². The van der Waals surface area contributed by atoms with Gasteiger partial charge in [-0.3, -0.25) is 9.78 Å². The molecule has 4 rings (SSSR count). The molecular weight excluding hydrogens is 528 g/mol. The van der Waals surface area contributed by atoms with Crippen LogP contribution in [0.5, 0.6) is 0 Å². The van der Waals surface area contributed by atoms with Gasteiger partial charge in [0.2, 0.25) is 5.91 Å². The second-order valence-corrected chi connectivity index (χ2v) is 9.12. The lowest BCUT2D eigenvalue weighted by molar-refractivity contribution is -0.193. The van der Waals surface area contributed by atoms with Gasteiger partial charge in [-0.15, -0.1) is 0 Å². The molecule has 1 aliphatic carbocycles. The third-order valence-corrected chi connectivity index (χ3v) is 6.48. The lowest BCUT2D eigenvalue weighted by Crippen LogP contribution is -2.46. The van der Waals surface area contributed by atoms with Gasteiger partial charge >= 0.3 is 24.3 Å². The Morgan fingerprint density at radius 2 is 1.61 bits per heavy atom. The number of nitrogens with one attached hydrogen (secondary N) is 1. The minimum atomic E-state index is -5.08. The first-order chi connectivity index (χ1) is 17.7. The minimum Gasteiger partial charge on any atom is -0.475 e. The van der Waals surface area contributed by atoms with Gasteiger partial charge in [0, 0.05) is 24.7 Å². The highest BCUT2D eigenvalue weighted by molar-refractivity contribution is 5.90. The molecule has 3 N–H and O–H groups in total. The molecule has 1 amide bonds. The Bertz CT molecular complexity index is 900. The van der Waals surface area contributed by atoms with E-state index < -0.39 is 24.3 Å². The average molecular weight is 557 g/mol. The van der Waals surface area contributed by atoms with Crippen LogP contribution in [0.4, 0.5) is 32.0 Å². The zero-order valence-corrected chi connectivity index (χ0v) is 20.2. The zero-order valence-electron chi connectivity index (χ0n) is 20.2. The fourth-order valence-corrected chi connectivity index (χ4v) is 4.76. The molecule has 0 unspecified atom stereocenters. The van der Waals surface area contributed by atoms with Crippen LogP contribution in [0.2, 0.25) is 0 Å². The zero-order chi connectivity index (χ0) is 28.5. The van der Waals surface area contributed by atoms with Gasteiger partial charge in [-0.1, -0.05) is 12.8 Å². The molecule has 0 spiro atoms. The number of pyridine rings is 1. The number of nitrogens with zero attached hydrogens (tertiary/aromatic N) is 2. The molecule has 2 aliphatic heterocycles. The number of fused-ring (bicyclic) bond motifs is 1. The molecule has 1 aromatic rings. The number of ether oxygens (including phenoxy) is 1. The molecule has 0 aromatic carbocycles. The Morgan fingerprint density at radius 1 is 1.03 bits per heavy atom. The number of aliphatic carboxylic acids is 2. The van der Waals surface area contributed by atoms with Gasteiger partial charge in [-0.2, -0.15) is 26.3 Å². The predicted octanol–water partition coefficient (Wildman–Crippen LogP) is 3.96. The van der Waals surface area contributed by atoms with E-state index in [0.29, 0.717) is 18.3 Å². The third-order valence-electron chi connectivity index (χ3n) is 6.48. The molecule has 0 bridgehead atoms. The number of hydrogen-bond acceptors (Lipinski definition) is 6. The van der Waals surface area contributed by atoms with E-state index in [1.54, 1.807) is 12.4 Å². The molecule has 3 aliphatic rings. The molecule has 3 atom stereocenters. The largest absolute Gasteiger partial charge is 0.490 e. The monoisotopic (exact) mass is 557 g/mol. The number of carboxylic acids is 2. The lowest BCUT2D eigenvalue weighted by atomic mass is 9.82. The van der Waals surface area contributed by atoms with Gasteiger partial charge in [0.15, 0.2) is 0 Å². The van der Waals surface area contributed by atoms with Crippen molar-refractivity contribution in [2.45, 2.75) is 63.0 Å². The van der Waals surface area contributed by atoms with Gasteiger partial charge in [0.25, 0.3) is 0 Å². The summed E-state index contributed by atoms with van der Waals surface area (Å²) in [5.41, 5.74) is 0.757. The van der Waals surface area contributed by atoms with Gasteiger partial charge < -0.3 is 25.2 Å². The van der Waals surface area contributed by atoms with Crippen LogP contribution in [0.25, 0.3) is 0 Å². The summed E-state index contributed by atoms with van der Waals surface area (Å²) >= 11 is 0. The summed E-state index contributed by atoms with van der Waals surface area (Å²) in [7, 11) is 0. The van der Waals surface area contributed by atoms with Crippen molar-refractivity contribution in [2.24, 2.45) is 11.8 Å². The second-order valence-electron chi connectivity index (χ2n) is 9.12. The first kappa shape index (κ1) is 31.3. The van der Waals surface area contributed by atoms with Crippen LogP contribution in [0, 0.1) is 11.8 Å². The van der Waals surface area contributed by atoms with E-state index in [9.17, 15) is 31.1 Å². The summed E-state index contributed by atoms with van der Waals surface area (Å²) in [6.07, 6.45) is 0.452. The van der Waals surface area contributed by atoms with Gasteiger partial charge in [-0.25, -0.2) is 9.59 Å². The van der Waals surface area contributed by atoms with Crippen molar-refractivity contribution in [3.05, 3.63) is 24.5 Å². The summed E-state index contributed by atoms with van der Waals surface area (Å²) in [6, 6.07) is 4.50. The van der Waals surface area contributed by atoms with Crippen LogP contribution < -0.4 is 5.32 Å². The van der Waals surface area contributed by atoms with Crippen molar-refractivity contribution in [1.29, 1.82) is 0 Å². The van der Waals surface area contributed by atoms with E-state index in [1.807, 2.05) is 12.1 Å². The topological polar surface area (TPSA) is 129 Å². The van der Waals surface area contributed by atoms with Gasteiger partial charge in [0.1, 0.15) is 0 Å². The van der Waals surface area contributed by atoms with Gasteiger partial charge in [-0.05, 0) is 43.9 Å². The van der Waals surface area contributed by atoms with E-state index in [0.717, 1.165) is 24.9 Å². The summed E-state index contributed by atoms with van der Waals surface area (Å²) in [6.45, 7) is 3.16. The summed E-state index contributed by atoms with van der Waals surface area (Å²) in [5, 5.41) is 17.2. The summed E-state index contributed by atoms with van der Waals surface area (Å²) in [5.74, 6) is -4.33. The summed E-state index contributed by atoms with van der Waals surface area (Å²) < 4.78 is 69.5. The Hall–Kier alpha value is -2.94. The highest BCUT2D eigenvalue weighted by atomic mass is 19.4. The van der Waals surface area contributed by atoms with Crippen molar-refractivity contribution in [1.82, 2.24) is 9.88 Å². The Kier molecular flexibility index (Phi) is 11.3. The number of carboxylic acid groups (broad SMARTS) is 2. The Morgan fingerprint density at radius 3 is 2.11 bits per heavy atom. The number of carbonyl (C=O) groups is 3. The van der Waals surface area contributed by atoms with Crippen molar-refractivity contribution in [3.8, 4) is 0 Å². The van der Waals surface area contributed by atoms with Crippen LogP contribution in [0.1, 0.15) is 38.5 Å². The van der Waals surface area contributed by atoms with Crippen molar-refractivity contribution >= 4 is 23.5 Å². The molecule has 38 heavy (non-hydrogen) atoms. The number of likely N-dealkylation sites (tertiary alicyclic amines) is 1. The summed E-state index contributed by atoms with van der Waals surface area (Å²) in [4.78, 5) is 36.8. The van der Waals surface area contributed by atoms with Crippen molar-refractivity contribution < 1.29 is 55.7 Å². The van der Waals surface area contributed by atoms with Crippen LogP contribution in [-0.2, 0) is 19.1 Å². The van der Waals surface area contributed by atoms with Crippen LogP contribution in [0.15, 0.2) is 24.5 Å². The average Bonchev–Trinajstić information content (AvgIpc) is 3.50. The molecule has 3 fully saturated rings. The molecule has 9 nitrogen and oxygen atoms in total. The Labute approximate surface area is 214 Å². The Balaban J connectivity index is 0.000000301. The fraction of sp³-hybridized carbons (Fsp3) is 0.652. The maximum absolute atomic E-state index is 12.3. The van der Waals surface area contributed by atoms with Crippen LogP contribution >= 0.6 is 0 Å². The number of halogens is 6. The maximum Gasteiger partial charge on any atom is 0.490 e. The van der Waals surface area contributed by atoms with E-state index >= 15 is 0 Å². The fourth-order valence-electron chi connectivity index (χ4n) is 4.76. The van der Waals surface area contributed by atoms with Crippen molar-refractivity contribution in [3.63, 3.8) is 0 Å². The highest BCUT2D eigenvalue weighted by Crippen LogP contribution is 2.38. The second kappa shape index (κ2) is 13.7. The minimum absolute atomic E-state index is 0.0341. The number of amides is 1. The predicted molar refractivity (Wildman–Crippen MR) is 120 cm³/mol. The number of piperidine rings is 1. The lowest BCUT2D eigenvalue weighted by Gasteiger charge is -2.39.